The van der Waals surface area contributed by atoms with Gasteiger partial charge in [0.1, 0.15) is 0 Å². The number of hydrazine groups is 1. The molecular weight excluding hydrogens is 218 g/mol. The van der Waals surface area contributed by atoms with Crippen molar-refractivity contribution in [2.24, 2.45) is 5.84 Å². The van der Waals surface area contributed by atoms with Gasteiger partial charge in [-0.15, -0.1) is 11.3 Å². The average molecular weight is 241 g/mol. The molecule has 1 heterocycles. The highest BCUT2D eigenvalue weighted by molar-refractivity contribution is 7.10. The van der Waals surface area contributed by atoms with Gasteiger partial charge in [-0.25, -0.2) is 0 Å². The van der Waals surface area contributed by atoms with Crippen LogP contribution >= 0.6 is 11.3 Å². The molecule has 2 atom stereocenters. The fraction of sp³-hybridized carbons (Fsp3) is 0.667. The summed E-state index contributed by atoms with van der Waals surface area (Å²) in [5, 5.41) is 2.19. The summed E-state index contributed by atoms with van der Waals surface area (Å²) in [6.07, 6.45) is 1.05. The van der Waals surface area contributed by atoms with Gasteiger partial charge in [0, 0.05) is 10.4 Å². The molecule has 0 spiro atoms. The fourth-order valence-corrected chi connectivity index (χ4v) is 2.76. The first-order valence-electron chi connectivity index (χ1n) is 5.64. The van der Waals surface area contributed by atoms with Crippen molar-refractivity contribution < 1.29 is 0 Å². The second-order valence-corrected chi connectivity index (χ2v) is 5.81. The van der Waals surface area contributed by atoms with Gasteiger partial charge in [0.05, 0.1) is 6.04 Å². The molecule has 92 valence electrons. The van der Waals surface area contributed by atoms with Gasteiger partial charge in [0.15, 0.2) is 0 Å². The Balaban J connectivity index is 3.05. The van der Waals surface area contributed by atoms with E-state index < -0.39 is 0 Å². The summed E-state index contributed by atoms with van der Waals surface area (Å²) in [5.74, 6) is 5.74. The van der Waals surface area contributed by atoms with Gasteiger partial charge >= 0.3 is 0 Å². The molecule has 3 N–H and O–H groups in total. The van der Waals surface area contributed by atoms with Crippen molar-refractivity contribution in [3.63, 3.8) is 0 Å². The summed E-state index contributed by atoms with van der Waals surface area (Å²) in [7, 11) is 4.21. The Kier molecular flexibility index (Phi) is 4.50. The summed E-state index contributed by atoms with van der Waals surface area (Å²) in [6.45, 7) is 6.56. The SMILES string of the molecule is CCC(C)(C(NN)c1csc(C)c1)N(C)C. The molecule has 0 fully saturated rings. The lowest BCUT2D eigenvalue weighted by atomic mass is 9.85. The van der Waals surface area contributed by atoms with Crippen molar-refractivity contribution in [2.75, 3.05) is 14.1 Å². The first kappa shape index (κ1) is 13.6. The molecule has 0 aliphatic carbocycles. The number of rotatable bonds is 5. The molecule has 0 saturated heterocycles. The second-order valence-electron chi connectivity index (χ2n) is 4.70. The van der Waals surface area contributed by atoms with Crippen LogP contribution in [-0.4, -0.2) is 24.5 Å². The van der Waals surface area contributed by atoms with E-state index in [4.69, 9.17) is 5.84 Å². The van der Waals surface area contributed by atoms with E-state index in [1.165, 1.54) is 10.4 Å². The van der Waals surface area contributed by atoms with Crippen molar-refractivity contribution in [3.05, 3.63) is 21.9 Å². The van der Waals surface area contributed by atoms with E-state index in [0.717, 1.165) is 6.42 Å². The van der Waals surface area contributed by atoms with E-state index in [1.807, 2.05) is 0 Å². The van der Waals surface area contributed by atoms with E-state index in [9.17, 15) is 0 Å². The highest BCUT2D eigenvalue weighted by Crippen LogP contribution is 2.34. The van der Waals surface area contributed by atoms with Crippen molar-refractivity contribution >= 4 is 11.3 Å². The summed E-state index contributed by atoms with van der Waals surface area (Å²) in [6, 6.07) is 2.38. The zero-order valence-corrected chi connectivity index (χ0v) is 11.7. The average Bonchev–Trinajstić information content (AvgIpc) is 2.65. The van der Waals surface area contributed by atoms with Crippen LogP contribution in [0.4, 0.5) is 0 Å². The maximum absolute atomic E-state index is 5.74. The lowest BCUT2D eigenvalue weighted by Gasteiger charge is -2.42. The molecule has 3 nitrogen and oxygen atoms in total. The molecule has 1 aromatic heterocycles. The van der Waals surface area contributed by atoms with Crippen LogP contribution in [0.1, 0.15) is 36.8 Å². The van der Waals surface area contributed by atoms with E-state index in [0.29, 0.717) is 0 Å². The van der Waals surface area contributed by atoms with Gasteiger partial charge in [0.2, 0.25) is 0 Å². The Morgan fingerprint density at radius 2 is 2.19 bits per heavy atom. The topological polar surface area (TPSA) is 41.3 Å². The smallest absolute Gasteiger partial charge is 0.0649 e. The molecule has 0 saturated carbocycles. The first-order valence-corrected chi connectivity index (χ1v) is 6.52. The number of nitrogens with two attached hydrogens (primary N) is 1. The molecule has 0 aromatic carbocycles. The van der Waals surface area contributed by atoms with Crippen LogP contribution in [0.25, 0.3) is 0 Å². The Bertz CT molecular complexity index is 335. The summed E-state index contributed by atoms with van der Waals surface area (Å²) in [5.41, 5.74) is 4.28. The van der Waals surface area contributed by atoms with Crippen LogP contribution < -0.4 is 11.3 Å². The maximum atomic E-state index is 5.74. The molecule has 2 unspecified atom stereocenters. The highest BCUT2D eigenvalue weighted by Gasteiger charge is 2.35. The second kappa shape index (κ2) is 5.27. The van der Waals surface area contributed by atoms with Gasteiger partial charge in [-0.1, -0.05) is 6.92 Å². The number of likely N-dealkylation sites (N-methyl/N-ethyl adjacent to an activating group) is 1. The Hall–Kier alpha value is -0.420. The minimum atomic E-state index is 0.0300. The Morgan fingerprint density at radius 1 is 1.56 bits per heavy atom. The van der Waals surface area contributed by atoms with Crippen LogP contribution in [0, 0.1) is 6.92 Å². The third-order valence-corrected chi connectivity index (χ3v) is 4.49. The Labute approximate surface area is 103 Å². The van der Waals surface area contributed by atoms with Crippen molar-refractivity contribution in [1.82, 2.24) is 10.3 Å². The summed E-state index contributed by atoms with van der Waals surface area (Å²) >= 11 is 1.77. The molecule has 1 aromatic rings. The lowest BCUT2D eigenvalue weighted by molar-refractivity contribution is 0.113. The highest BCUT2D eigenvalue weighted by atomic mass is 32.1. The molecule has 0 bridgehead atoms. The first-order chi connectivity index (χ1) is 7.45. The van der Waals surface area contributed by atoms with Gasteiger partial charge in [-0.05, 0) is 51.4 Å². The summed E-state index contributed by atoms with van der Waals surface area (Å²) in [4.78, 5) is 3.57. The number of hydrogen-bond acceptors (Lipinski definition) is 4. The van der Waals surface area contributed by atoms with Crippen LogP contribution in [0.5, 0.6) is 0 Å². The summed E-state index contributed by atoms with van der Waals surface area (Å²) < 4.78 is 0. The molecular formula is C12H23N3S. The number of aryl methyl sites for hydroxylation is 1. The molecule has 0 radical (unpaired) electrons. The number of thiophene rings is 1. The predicted octanol–water partition coefficient (Wildman–Crippen LogP) is 2.29. The minimum absolute atomic E-state index is 0.0300. The quantitative estimate of drug-likeness (QED) is 0.614. The van der Waals surface area contributed by atoms with E-state index >= 15 is 0 Å². The van der Waals surface area contributed by atoms with Crippen LogP contribution in [-0.2, 0) is 0 Å². The predicted molar refractivity (Wildman–Crippen MR) is 71.5 cm³/mol. The Morgan fingerprint density at radius 3 is 2.50 bits per heavy atom. The van der Waals surface area contributed by atoms with Crippen LogP contribution in [0.3, 0.4) is 0 Å². The zero-order chi connectivity index (χ0) is 12.3. The zero-order valence-electron chi connectivity index (χ0n) is 10.9. The van der Waals surface area contributed by atoms with Crippen molar-refractivity contribution in [2.45, 2.75) is 38.8 Å². The molecule has 0 aliphatic rings. The lowest BCUT2D eigenvalue weighted by Crippen LogP contribution is -2.52. The van der Waals surface area contributed by atoms with E-state index in [2.05, 4.69) is 56.6 Å². The number of hydrogen-bond donors (Lipinski definition) is 2. The third-order valence-electron chi connectivity index (χ3n) is 3.61. The monoisotopic (exact) mass is 241 g/mol. The van der Waals surface area contributed by atoms with Crippen LogP contribution in [0.2, 0.25) is 0 Å². The van der Waals surface area contributed by atoms with Gasteiger partial charge in [-0.3, -0.25) is 11.3 Å². The van der Waals surface area contributed by atoms with Crippen molar-refractivity contribution in [1.29, 1.82) is 0 Å². The molecule has 4 heteroatoms. The van der Waals surface area contributed by atoms with Crippen LogP contribution in [0.15, 0.2) is 11.4 Å². The largest absolute Gasteiger partial charge is 0.302 e. The van der Waals surface area contributed by atoms with Gasteiger partial charge in [-0.2, -0.15) is 0 Å². The maximum Gasteiger partial charge on any atom is 0.0649 e. The van der Waals surface area contributed by atoms with Gasteiger partial charge in [0.25, 0.3) is 0 Å². The fourth-order valence-electron chi connectivity index (χ4n) is 2.03. The van der Waals surface area contributed by atoms with Gasteiger partial charge < -0.3 is 4.90 Å². The standard InChI is InChI=1S/C12H23N3S/c1-6-12(3,15(4)5)11(14-13)10-7-9(2)16-8-10/h7-8,11,14H,6,13H2,1-5H3. The number of nitrogens with one attached hydrogen (secondary N) is 1. The molecule has 0 aliphatic heterocycles. The molecule has 0 amide bonds. The number of nitrogens with zero attached hydrogens (tertiary/aromatic N) is 1. The van der Waals surface area contributed by atoms with E-state index in [-0.39, 0.29) is 11.6 Å². The minimum Gasteiger partial charge on any atom is -0.302 e. The van der Waals surface area contributed by atoms with E-state index in [1.54, 1.807) is 11.3 Å². The normalized spacial score (nSPS) is 17.4. The molecule has 1 rings (SSSR count). The molecule has 16 heavy (non-hydrogen) atoms. The van der Waals surface area contributed by atoms with Crippen molar-refractivity contribution in [3.8, 4) is 0 Å². The third kappa shape index (κ3) is 2.46.